The van der Waals surface area contributed by atoms with E-state index in [-0.39, 0.29) is 18.5 Å². The summed E-state index contributed by atoms with van der Waals surface area (Å²) in [5, 5.41) is 23.1. The summed E-state index contributed by atoms with van der Waals surface area (Å²) in [5.74, 6) is -0.110. The molecule has 0 heterocycles. The highest BCUT2D eigenvalue weighted by Gasteiger charge is 2.18. The molecule has 63 heavy (non-hydrogen) atoms. The van der Waals surface area contributed by atoms with Gasteiger partial charge in [-0.05, 0) is 64.2 Å². The molecule has 0 aromatic rings. The Morgan fingerprint density at radius 1 is 0.444 bits per heavy atom. The number of carbonyl (C=O) groups is 2. The number of rotatable bonds is 51. The van der Waals surface area contributed by atoms with E-state index in [1.165, 1.54) is 186 Å². The Bertz CT molecular complexity index is 1020. The average molecular weight is 886 g/mol. The highest BCUT2D eigenvalue weighted by molar-refractivity contribution is 5.76. The van der Waals surface area contributed by atoms with E-state index in [9.17, 15) is 19.8 Å². The van der Waals surface area contributed by atoms with Gasteiger partial charge in [-0.1, -0.05) is 249 Å². The lowest BCUT2D eigenvalue weighted by Crippen LogP contribution is -2.45. The number of carbonyl (C=O) groups excluding carboxylic acids is 2. The predicted molar refractivity (Wildman–Crippen MR) is 273 cm³/mol. The molecule has 6 nitrogen and oxygen atoms in total. The first kappa shape index (κ1) is 61.1. The molecule has 0 rings (SSSR count). The maximum Gasteiger partial charge on any atom is 0.305 e. The van der Waals surface area contributed by atoms with Crippen LogP contribution in [0.4, 0.5) is 0 Å². The van der Waals surface area contributed by atoms with Gasteiger partial charge in [0.15, 0.2) is 0 Å². The highest BCUT2D eigenvalue weighted by Crippen LogP contribution is 2.16. The van der Waals surface area contributed by atoms with Gasteiger partial charge in [0.25, 0.3) is 0 Å². The van der Waals surface area contributed by atoms with Crippen LogP contribution in [0.2, 0.25) is 0 Å². The number of hydrogen-bond acceptors (Lipinski definition) is 5. The molecule has 370 valence electrons. The summed E-state index contributed by atoms with van der Waals surface area (Å²) < 4.78 is 5.44. The molecule has 0 bridgehead atoms. The van der Waals surface area contributed by atoms with E-state index in [2.05, 4.69) is 43.5 Å². The minimum atomic E-state index is -0.859. The zero-order valence-corrected chi connectivity index (χ0v) is 42.1. The molecule has 0 fully saturated rings. The van der Waals surface area contributed by atoms with E-state index < -0.39 is 12.1 Å². The predicted octanol–water partition coefficient (Wildman–Crippen LogP) is 16.9. The fraction of sp³-hybridized carbons (Fsp3) is 0.860. The van der Waals surface area contributed by atoms with Crippen LogP contribution in [0.3, 0.4) is 0 Å². The van der Waals surface area contributed by atoms with Crippen LogP contribution in [0.15, 0.2) is 36.5 Å². The average Bonchev–Trinajstić information content (AvgIpc) is 3.28. The van der Waals surface area contributed by atoms with E-state index in [1.54, 1.807) is 6.08 Å². The van der Waals surface area contributed by atoms with Crippen LogP contribution in [0.25, 0.3) is 0 Å². The van der Waals surface area contributed by atoms with Gasteiger partial charge in [-0.15, -0.1) is 0 Å². The summed E-state index contributed by atoms with van der Waals surface area (Å²) in [6.07, 6.45) is 64.4. The van der Waals surface area contributed by atoms with Gasteiger partial charge < -0.3 is 20.3 Å². The molecule has 0 radical (unpaired) electrons. The monoisotopic (exact) mass is 886 g/mol. The molecule has 1 amide bonds. The molecular formula is C57H107NO5. The van der Waals surface area contributed by atoms with Crippen LogP contribution in [0.1, 0.15) is 290 Å². The molecule has 0 aromatic heterocycles. The van der Waals surface area contributed by atoms with E-state index in [1.807, 2.05) is 6.08 Å². The summed E-state index contributed by atoms with van der Waals surface area (Å²) in [6.45, 7) is 4.85. The minimum Gasteiger partial charge on any atom is -0.466 e. The third-order valence-electron chi connectivity index (χ3n) is 12.7. The number of amides is 1. The van der Waals surface area contributed by atoms with Crippen LogP contribution in [0, 0.1) is 0 Å². The van der Waals surface area contributed by atoms with Crippen molar-refractivity contribution in [1.29, 1.82) is 0 Å². The third kappa shape index (κ3) is 49.4. The molecular weight excluding hydrogens is 779 g/mol. The Hall–Kier alpha value is -1.92. The Balaban J connectivity index is 3.55. The quantitative estimate of drug-likeness (QED) is 0.0245. The standard InChI is InChI=1S/C57H107NO5/c1-3-5-7-9-11-13-15-17-19-20-22-25-29-33-37-41-45-49-55(60)54(53-59)58-56(61)50-46-42-38-34-30-26-23-21-24-28-32-36-40-44-48-52-63-57(62)51-47-43-39-35-31-27-18-16-14-12-10-8-6-4-2/h21,24,28,32,45,49,54-55,59-60H,3-20,22-23,25-27,29-31,33-44,46-48,50-53H2,1-2H3,(H,58,61)/b24-21-,32-28-,49-45+. The Labute approximate surface area is 392 Å². The van der Waals surface area contributed by atoms with E-state index in [0.29, 0.717) is 19.4 Å². The summed E-state index contributed by atoms with van der Waals surface area (Å²) in [5.41, 5.74) is 0. The van der Waals surface area contributed by atoms with E-state index in [0.717, 1.165) is 77.0 Å². The van der Waals surface area contributed by atoms with Crippen molar-refractivity contribution < 1.29 is 24.5 Å². The second kappa shape index (κ2) is 52.7. The van der Waals surface area contributed by atoms with Gasteiger partial charge >= 0.3 is 5.97 Å². The van der Waals surface area contributed by atoms with Crippen LogP contribution < -0.4 is 5.32 Å². The summed E-state index contributed by atoms with van der Waals surface area (Å²) >= 11 is 0. The van der Waals surface area contributed by atoms with Crippen LogP contribution in [-0.2, 0) is 14.3 Å². The third-order valence-corrected chi connectivity index (χ3v) is 12.7. The highest BCUT2D eigenvalue weighted by atomic mass is 16.5. The number of hydrogen-bond donors (Lipinski definition) is 3. The molecule has 2 unspecified atom stereocenters. The number of allylic oxidation sites excluding steroid dienone is 5. The zero-order chi connectivity index (χ0) is 45.8. The van der Waals surface area contributed by atoms with Gasteiger partial charge in [-0.25, -0.2) is 0 Å². The number of aliphatic hydroxyl groups is 2. The van der Waals surface area contributed by atoms with Gasteiger partial charge in [-0.2, -0.15) is 0 Å². The Morgan fingerprint density at radius 2 is 0.778 bits per heavy atom. The van der Waals surface area contributed by atoms with Crippen molar-refractivity contribution in [2.24, 2.45) is 0 Å². The number of esters is 1. The lowest BCUT2D eigenvalue weighted by atomic mass is 10.0. The lowest BCUT2D eigenvalue weighted by molar-refractivity contribution is -0.143. The molecule has 3 N–H and O–H groups in total. The van der Waals surface area contributed by atoms with Crippen molar-refractivity contribution in [2.75, 3.05) is 13.2 Å². The fourth-order valence-electron chi connectivity index (χ4n) is 8.39. The topological polar surface area (TPSA) is 95.9 Å². The van der Waals surface area contributed by atoms with Gasteiger partial charge in [0.05, 0.1) is 25.4 Å². The second-order valence-electron chi connectivity index (χ2n) is 18.9. The number of unbranched alkanes of at least 4 members (excludes halogenated alkanes) is 37. The van der Waals surface area contributed by atoms with Crippen LogP contribution in [-0.4, -0.2) is 47.4 Å². The molecule has 0 aliphatic heterocycles. The zero-order valence-electron chi connectivity index (χ0n) is 42.1. The van der Waals surface area contributed by atoms with Crippen LogP contribution in [0.5, 0.6) is 0 Å². The first-order chi connectivity index (χ1) is 31.0. The van der Waals surface area contributed by atoms with Gasteiger partial charge in [0.1, 0.15) is 0 Å². The normalized spacial score (nSPS) is 12.9. The maximum absolute atomic E-state index is 12.4. The molecule has 0 aromatic carbocycles. The van der Waals surface area contributed by atoms with E-state index in [4.69, 9.17) is 4.74 Å². The number of aliphatic hydroxyl groups excluding tert-OH is 2. The van der Waals surface area contributed by atoms with Crippen molar-refractivity contribution in [3.63, 3.8) is 0 Å². The molecule has 0 spiro atoms. The largest absolute Gasteiger partial charge is 0.466 e. The molecule has 2 atom stereocenters. The molecule has 0 saturated heterocycles. The SMILES string of the molecule is CCCCCCCCCCCCCCCCC/C=C/C(O)C(CO)NC(=O)CCCCCCCC/C=C\C=C/CCCCCOC(=O)CCCCCCCCCCCCCCCC. The first-order valence-electron chi connectivity index (χ1n) is 27.8. The number of ether oxygens (including phenoxy) is 1. The van der Waals surface area contributed by atoms with E-state index >= 15 is 0 Å². The number of nitrogens with one attached hydrogen (secondary N) is 1. The summed E-state index contributed by atoms with van der Waals surface area (Å²) in [6, 6.07) is -0.644. The molecule has 0 aliphatic carbocycles. The fourth-order valence-corrected chi connectivity index (χ4v) is 8.39. The summed E-state index contributed by atoms with van der Waals surface area (Å²) in [7, 11) is 0. The summed E-state index contributed by atoms with van der Waals surface area (Å²) in [4.78, 5) is 24.5. The van der Waals surface area contributed by atoms with Crippen molar-refractivity contribution in [2.45, 2.75) is 302 Å². The van der Waals surface area contributed by atoms with Crippen molar-refractivity contribution in [3.8, 4) is 0 Å². The molecule has 0 saturated carbocycles. The van der Waals surface area contributed by atoms with Crippen molar-refractivity contribution in [3.05, 3.63) is 36.5 Å². The van der Waals surface area contributed by atoms with Gasteiger partial charge in [-0.3, -0.25) is 9.59 Å². The van der Waals surface area contributed by atoms with Gasteiger partial charge in [0.2, 0.25) is 5.91 Å². The Kier molecular flexibility index (Phi) is 51.1. The maximum atomic E-state index is 12.4. The van der Waals surface area contributed by atoms with Crippen molar-refractivity contribution in [1.82, 2.24) is 5.32 Å². The Morgan fingerprint density at radius 3 is 1.17 bits per heavy atom. The van der Waals surface area contributed by atoms with Crippen molar-refractivity contribution >= 4 is 11.9 Å². The smallest absolute Gasteiger partial charge is 0.305 e. The lowest BCUT2D eigenvalue weighted by Gasteiger charge is -2.20. The molecule has 6 heteroatoms. The first-order valence-corrected chi connectivity index (χ1v) is 27.8. The molecule has 0 aliphatic rings. The van der Waals surface area contributed by atoms with Crippen LogP contribution >= 0.6 is 0 Å². The second-order valence-corrected chi connectivity index (χ2v) is 18.9. The minimum absolute atomic E-state index is 0.0208. The van der Waals surface area contributed by atoms with Gasteiger partial charge in [0, 0.05) is 12.8 Å².